The Balaban J connectivity index is 1.77. The van der Waals surface area contributed by atoms with Gasteiger partial charge in [0.1, 0.15) is 11.6 Å². The van der Waals surface area contributed by atoms with Crippen LogP contribution in [0, 0.1) is 6.92 Å². The van der Waals surface area contributed by atoms with Crippen molar-refractivity contribution >= 4 is 17.4 Å². The molecule has 0 atom stereocenters. The van der Waals surface area contributed by atoms with Crippen molar-refractivity contribution in [3.8, 4) is 17.0 Å². The highest BCUT2D eigenvalue weighted by Gasteiger charge is 2.32. The molecule has 0 radical (unpaired) electrons. The number of halogens is 3. The lowest BCUT2D eigenvalue weighted by Crippen LogP contribution is -2.18. The number of para-hydroxylation sites is 1. The van der Waals surface area contributed by atoms with Crippen molar-refractivity contribution in [1.82, 2.24) is 19.6 Å². The number of carbonyl (C=O) groups is 1. The van der Waals surface area contributed by atoms with E-state index in [-0.39, 0.29) is 17.0 Å². The molecule has 1 N–H and O–H groups in total. The summed E-state index contributed by atoms with van der Waals surface area (Å²) >= 11 is 0. The number of imidazole rings is 1. The third kappa shape index (κ3) is 3.93. The molecule has 0 spiro atoms. The van der Waals surface area contributed by atoms with E-state index < -0.39 is 18.0 Å². The van der Waals surface area contributed by atoms with Crippen molar-refractivity contribution in [2.75, 3.05) is 5.32 Å². The standard InChI is InChI=1S/C20H14F3N5O2/c1-12-18(19(29)26-16-8-4-5-11-24-16)28-17(25-12)10-9-14(27-28)13-6-2-3-7-15(13)30-20(21,22)23/h2-11H,1H3,(H,24,26,29). The van der Waals surface area contributed by atoms with Crippen LogP contribution in [0.25, 0.3) is 16.9 Å². The van der Waals surface area contributed by atoms with Crippen molar-refractivity contribution < 1.29 is 22.7 Å². The van der Waals surface area contributed by atoms with Crippen molar-refractivity contribution in [2.24, 2.45) is 0 Å². The lowest BCUT2D eigenvalue weighted by molar-refractivity contribution is -0.274. The normalized spacial score (nSPS) is 11.5. The Bertz CT molecular complexity index is 1220. The first-order chi connectivity index (χ1) is 14.3. The summed E-state index contributed by atoms with van der Waals surface area (Å²) < 4.78 is 43.7. The van der Waals surface area contributed by atoms with E-state index in [0.29, 0.717) is 17.2 Å². The predicted molar refractivity (Wildman–Crippen MR) is 102 cm³/mol. The van der Waals surface area contributed by atoms with Crippen LogP contribution in [0.15, 0.2) is 60.8 Å². The maximum Gasteiger partial charge on any atom is 0.573 e. The summed E-state index contributed by atoms with van der Waals surface area (Å²) in [7, 11) is 0. The molecular weight excluding hydrogens is 399 g/mol. The summed E-state index contributed by atoms with van der Waals surface area (Å²) in [6.07, 6.45) is -3.32. The average Bonchev–Trinajstić information content (AvgIpc) is 3.03. The summed E-state index contributed by atoms with van der Waals surface area (Å²) in [5, 5.41) is 7.00. The fourth-order valence-corrected chi connectivity index (χ4v) is 2.95. The largest absolute Gasteiger partial charge is 0.573 e. The van der Waals surface area contributed by atoms with Gasteiger partial charge in [-0.05, 0) is 43.3 Å². The van der Waals surface area contributed by atoms with Crippen LogP contribution in [0.3, 0.4) is 0 Å². The number of pyridine rings is 1. The number of aromatic nitrogens is 4. The molecule has 152 valence electrons. The second kappa shape index (κ2) is 7.47. The number of fused-ring (bicyclic) bond motifs is 1. The first kappa shape index (κ1) is 19.4. The van der Waals surface area contributed by atoms with E-state index in [1.807, 2.05) is 0 Å². The van der Waals surface area contributed by atoms with Gasteiger partial charge in [0.15, 0.2) is 11.3 Å². The minimum atomic E-state index is -4.85. The molecule has 1 aromatic carbocycles. The van der Waals surface area contributed by atoms with Crippen molar-refractivity contribution in [3.05, 3.63) is 72.2 Å². The Morgan fingerprint density at radius 1 is 1.07 bits per heavy atom. The van der Waals surface area contributed by atoms with Gasteiger partial charge in [-0.15, -0.1) is 13.2 Å². The van der Waals surface area contributed by atoms with Crippen LogP contribution in [0.2, 0.25) is 0 Å². The smallest absolute Gasteiger partial charge is 0.405 e. The van der Waals surface area contributed by atoms with Crippen LogP contribution in [0.5, 0.6) is 5.75 Å². The van der Waals surface area contributed by atoms with E-state index in [1.165, 1.54) is 35.0 Å². The molecule has 0 aliphatic carbocycles. The van der Waals surface area contributed by atoms with Crippen molar-refractivity contribution in [3.63, 3.8) is 0 Å². The number of rotatable bonds is 4. The minimum absolute atomic E-state index is 0.124. The topological polar surface area (TPSA) is 81.4 Å². The van der Waals surface area contributed by atoms with Gasteiger partial charge in [-0.1, -0.05) is 18.2 Å². The molecule has 0 saturated carbocycles. The van der Waals surface area contributed by atoms with Crippen molar-refractivity contribution in [1.29, 1.82) is 0 Å². The number of benzene rings is 1. The Hall–Kier alpha value is -3.95. The number of amides is 1. The van der Waals surface area contributed by atoms with Gasteiger partial charge in [0, 0.05) is 11.8 Å². The second-order valence-electron chi connectivity index (χ2n) is 6.25. The zero-order valence-electron chi connectivity index (χ0n) is 15.5. The van der Waals surface area contributed by atoms with Crippen LogP contribution >= 0.6 is 0 Å². The van der Waals surface area contributed by atoms with Gasteiger partial charge in [-0.25, -0.2) is 14.5 Å². The van der Waals surface area contributed by atoms with E-state index in [1.54, 1.807) is 37.3 Å². The highest BCUT2D eigenvalue weighted by atomic mass is 19.4. The van der Waals surface area contributed by atoms with Crippen LogP contribution < -0.4 is 10.1 Å². The summed E-state index contributed by atoms with van der Waals surface area (Å²) in [6.45, 7) is 1.64. The van der Waals surface area contributed by atoms with E-state index in [2.05, 4.69) is 25.1 Å². The van der Waals surface area contributed by atoms with E-state index in [4.69, 9.17) is 0 Å². The number of nitrogens with zero attached hydrogens (tertiary/aromatic N) is 4. The summed E-state index contributed by atoms with van der Waals surface area (Å²) in [6, 6.07) is 13.8. The Morgan fingerprint density at radius 3 is 2.57 bits per heavy atom. The minimum Gasteiger partial charge on any atom is -0.405 e. The molecule has 0 unspecified atom stereocenters. The van der Waals surface area contributed by atoms with Gasteiger partial charge >= 0.3 is 6.36 Å². The Labute approximate surface area is 168 Å². The Kier molecular flexibility index (Phi) is 4.82. The van der Waals surface area contributed by atoms with Gasteiger partial charge < -0.3 is 10.1 Å². The van der Waals surface area contributed by atoms with E-state index >= 15 is 0 Å². The van der Waals surface area contributed by atoms with Gasteiger partial charge in [0.25, 0.3) is 5.91 Å². The summed E-state index contributed by atoms with van der Waals surface area (Å²) in [5.74, 6) is -0.548. The van der Waals surface area contributed by atoms with Crippen LogP contribution in [-0.2, 0) is 0 Å². The lowest BCUT2D eigenvalue weighted by atomic mass is 10.1. The zero-order valence-corrected chi connectivity index (χ0v) is 15.5. The third-order valence-corrected chi connectivity index (χ3v) is 4.16. The molecule has 0 aliphatic rings. The van der Waals surface area contributed by atoms with Crippen LogP contribution in [0.4, 0.5) is 19.0 Å². The molecule has 7 nitrogen and oxygen atoms in total. The predicted octanol–water partition coefficient (Wildman–Crippen LogP) is 4.25. The van der Waals surface area contributed by atoms with Gasteiger partial charge in [0.2, 0.25) is 0 Å². The third-order valence-electron chi connectivity index (χ3n) is 4.16. The molecule has 0 fully saturated rings. The average molecular weight is 413 g/mol. The van der Waals surface area contributed by atoms with E-state index in [9.17, 15) is 18.0 Å². The molecule has 0 aliphatic heterocycles. The molecule has 4 rings (SSSR count). The molecule has 3 aromatic heterocycles. The van der Waals surface area contributed by atoms with E-state index in [0.717, 1.165) is 0 Å². The number of aryl methyl sites for hydroxylation is 1. The molecule has 0 bridgehead atoms. The lowest BCUT2D eigenvalue weighted by Gasteiger charge is -2.13. The number of alkyl halides is 3. The maximum atomic E-state index is 12.8. The molecule has 4 aromatic rings. The molecule has 1 amide bonds. The highest BCUT2D eigenvalue weighted by Crippen LogP contribution is 2.32. The highest BCUT2D eigenvalue weighted by molar-refractivity contribution is 6.03. The number of hydrogen-bond donors (Lipinski definition) is 1. The number of hydrogen-bond acceptors (Lipinski definition) is 5. The quantitative estimate of drug-likeness (QED) is 0.541. The number of anilines is 1. The number of carbonyl (C=O) groups excluding carboxylic acids is 1. The molecule has 0 saturated heterocycles. The monoisotopic (exact) mass is 413 g/mol. The molecule has 3 heterocycles. The van der Waals surface area contributed by atoms with Gasteiger partial charge in [-0.2, -0.15) is 5.10 Å². The summed E-state index contributed by atoms with van der Waals surface area (Å²) in [4.78, 5) is 21.1. The molecular formula is C20H14F3N5O2. The molecule has 10 heteroatoms. The molecule has 30 heavy (non-hydrogen) atoms. The number of nitrogens with one attached hydrogen (secondary N) is 1. The first-order valence-corrected chi connectivity index (χ1v) is 8.76. The van der Waals surface area contributed by atoms with Gasteiger partial charge in [0.05, 0.1) is 11.4 Å². The van der Waals surface area contributed by atoms with Gasteiger partial charge in [-0.3, -0.25) is 4.79 Å². The zero-order chi connectivity index (χ0) is 21.3. The van der Waals surface area contributed by atoms with Crippen molar-refractivity contribution in [2.45, 2.75) is 13.3 Å². The Morgan fingerprint density at radius 2 is 1.83 bits per heavy atom. The maximum absolute atomic E-state index is 12.8. The summed E-state index contributed by atoms with van der Waals surface area (Å²) in [5.41, 5.74) is 1.24. The second-order valence-corrected chi connectivity index (χ2v) is 6.25. The SMILES string of the molecule is Cc1nc2ccc(-c3ccccc3OC(F)(F)F)nn2c1C(=O)Nc1ccccn1. The fraction of sp³-hybridized carbons (Fsp3) is 0.100. The van der Waals surface area contributed by atoms with Crippen LogP contribution in [-0.4, -0.2) is 31.9 Å². The fourth-order valence-electron chi connectivity index (χ4n) is 2.95. The van der Waals surface area contributed by atoms with Crippen LogP contribution in [0.1, 0.15) is 16.2 Å². The number of ether oxygens (including phenoxy) is 1. The first-order valence-electron chi connectivity index (χ1n) is 8.76.